The van der Waals surface area contributed by atoms with Gasteiger partial charge in [0.15, 0.2) is 11.5 Å². The molecule has 1 heterocycles. The Bertz CT molecular complexity index is 963. The summed E-state index contributed by atoms with van der Waals surface area (Å²) >= 11 is 3.53. The SMILES string of the molecule is CCOc1cc(C(=O)NC(C)c2ccccc2Br)ccc1OCc1ccncc1. The minimum Gasteiger partial charge on any atom is -0.490 e. The van der Waals surface area contributed by atoms with Crippen molar-refractivity contribution >= 4 is 21.8 Å². The zero-order valence-corrected chi connectivity index (χ0v) is 18.0. The van der Waals surface area contributed by atoms with Gasteiger partial charge in [-0.1, -0.05) is 34.1 Å². The maximum absolute atomic E-state index is 12.8. The van der Waals surface area contributed by atoms with Crippen molar-refractivity contribution in [2.45, 2.75) is 26.5 Å². The van der Waals surface area contributed by atoms with Gasteiger partial charge < -0.3 is 14.8 Å². The molecule has 150 valence electrons. The first-order valence-electron chi connectivity index (χ1n) is 9.42. The molecule has 0 aliphatic rings. The number of rotatable bonds is 8. The van der Waals surface area contributed by atoms with E-state index in [0.717, 1.165) is 15.6 Å². The lowest BCUT2D eigenvalue weighted by molar-refractivity contribution is 0.0939. The highest BCUT2D eigenvalue weighted by atomic mass is 79.9. The fourth-order valence-corrected chi connectivity index (χ4v) is 3.49. The maximum Gasteiger partial charge on any atom is 0.251 e. The van der Waals surface area contributed by atoms with Crippen LogP contribution in [0.2, 0.25) is 0 Å². The molecule has 1 N–H and O–H groups in total. The van der Waals surface area contributed by atoms with Crippen LogP contribution in [0.3, 0.4) is 0 Å². The molecule has 5 nitrogen and oxygen atoms in total. The van der Waals surface area contributed by atoms with E-state index in [1.54, 1.807) is 30.6 Å². The fraction of sp³-hybridized carbons (Fsp3) is 0.217. The normalized spacial score (nSPS) is 11.6. The molecule has 0 fully saturated rings. The van der Waals surface area contributed by atoms with Crippen LogP contribution < -0.4 is 14.8 Å². The molecule has 1 amide bonds. The summed E-state index contributed by atoms with van der Waals surface area (Å²) in [6.07, 6.45) is 3.45. The standard InChI is InChI=1S/C23H23BrN2O3/c1-3-28-22-14-18(8-9-21(22)29-15-17-10-12-25-13-11-17)23(27)26-16(2)19-6-4-5-7-20(19)24/h4-14,16H,3,15H2,1-2H3,(H,26,27). The van der Waals surface area contributed by atoms with Crippen LogP contribution in [0, 0.1) is 0 Å². The van der Waals surface area contributed by atoms with Crippen molar-refractivity contribution in [3.63, 3.8) is 0 Å². The first kappa shape index (κ1) is 20.9. The van der Waals surface area contributed by atoms with Crippen LogP contribution in [-0.4, -0.2) is 17.5 Å². The van der Waals surface area contributed by atoms with E-state index in [9.17, 15) is 4.79 Å². The van der Waals surface area contributed by atoms with Gasteiger partial charge in [0, 0.05) is 22.4 Å². The van der Waals surface area contributed by atoms with Crippen LogP contribution >= 0.6 is 15.9 Å². The van der Waals surface area contributed by atoms with E-state index >= 15 is 0 Å². The summed E-state index contributed by atoms with van der Waals surface area (Å²) in [6.45, 7) is 4.72. The summed E-state index contributed by atoms with van der Waals surface area (Å²) in [5.74, 6) is 0.969. The number of nitrogens with zero attached hydrogens (tertiary/aromatic N) is 1. The molecule has 3 aromatic rings. The Labute approximate surface area is 179 Å². The lowest BCUT2D eigenvalue weighted by Crippen LogP contribution is -2.26. The number of benzene rings is 2. The molecule has 29 heavy (non-hydrogen) atoms. The second-order valence-electron chi connectivity index (χ2n) is 6.46. The van der Waals surface area contributed by atoms with Crippen LogP contribution in [0.1, 0.15) is 41.4 Å². The van der Waals surface area contributed by atoms with Crippen LogP contribution in [0.15, 0.2) is 71.5 Å². The number of amides is 1. The highest BCUT2D eigenvalue weighted by Gasteiger charge is 2.16. The van der Waals surface area contributed by atoms with Crippen LogP contribution in [-0.2, 0) is 6.61 Å². The topological polar surface area (TPSA) is 60.5 Å². The number of hydrogen-bond acceptors (Lipinski definition) is 4. The molecule has 1 atom stereocenters. The Kier molecular flexibility index (Phi) is 7.25. The molecule has 2 aromatic carbocycles. The van der Waals surface area contributed by atoms with Crippen molar-refractivity contribution in [2.24, 2.45) is 0 Å². The molecule has 1 unspecified atom stereocenters. The largest absolute Gasteiger partial charge is 0.490 e. The smallest absolute Gasteiger partial charge is 0.251 e. The molecular weight excluding hydrogens is 432 g/mol. The molecule has 0 saturated carbocycles. The van der Waals surface area contributed by atoms with Crippen molar-refractivity contribution in [2.75, 3.05) is 6.61 Å². The van der Waals surface area contributed by atoms with Crippen molar-refractivity contribution < 1.29 is 14.3 Å². The van der Waals surface area contributed by atoms with E-state index in [1.807, 2.05) is 50.2 Å². The molecule has 0 aliphatic carbocycles. The van der Waals surface area contributed by atoms with E-state index in [1.165, 1.54) is 0 Å². The van der Waals surface area contributed by atoms with Gasteiger partial charge in [0.2, 0.25) is 0 Å². The fourth-order valence-electron chi connectivity index (χ4n) is 2.86. The monoisotopic (exact) mass is 454 g/mol. The molecule has 6 heteroatoms. The van der Waals surface area contributed by atoms with E-state index in [0.29, 0.717) is 30.3 Å². The summed E-state index contributed by atoms with van der Waals surface area (Å²) < 4.78 is 12.5. The molecule has 1 aromatic heterocycles. The third-order valence-electron chi connectivity index (χ3n) is 4.37. The highest BCUT2D eigenvalue weighted by Crippen LogP contribution is 2.30. The highest BCUT2D eigenvalue weighted by molar-refractivity contribution is 9.10. The number of aromatic nitrogens is 1. The van der Waals surface area contributed by atoms with Crippen LogP contribution in [0.25, 0.3) is 0 Å². The molecule has 0 aliphatic heterocycles. The zero-order chi connectivity index (χ0) is 20.6. The Morgan fingerprint density at radius 1 is 1.07 bits per heavy atom. The average molecular weight is 455 g/mol. The van der Waals surface area contributed by atoms with E-state index in [4.69, 9.17) is 9.47 Å². The number of halogens is 1. The molecule has 0 bridgehead atoms. The molecule has 3 rings (SSSR count). The van der Waals surface area contributed by atoms with Gasteiger partial charge in [-0.25, -0.2) is 0 Å². The predicted molar refractivity (Wildman–Crippen MR) is 116 cm³/mol. The van der Waals surface area contributed by atoms with Gasteiger partial charge in [-0.3, -0.25) is 9.78 Å². The third kappa shape index (κ3) is 5.57. The van der Waals surface area contributed by atoms with Crippen molar-refractivity contribution in [1.82, 2.24) is 10.3 Å². The molecular formula is C23H23BrN2O3. The van der Waals surface area contributed by atoms with Gasteiger partial charge in [-0.05, 0) is 61.4 Å². The Hall–Kier alpha value is -2.86. The molecule has 0 radical (unpaired) electrons. The third-order valence-corrected chi connectivity index (χ3v) is 5.09. The Morgan fingerprint density at radius 3 is 2.55 bits per heavy atom. The minimum atomic E-state index is -0.171. The number of ether oxygens (including phenoxy) is 2. The average Bonchev–Trinajstić information content (AvgIpc) is 2.74. The van der Waals surface area contributed by atoms with E-state index in [-0.39, 0.29) is 11.9 Å². The number of carbonyl (C=O) groups is 1. The summed E-state index contributed by atoms with van der Waals surface area (Å²) in [7, 11) is 0. The van der Waals surface area contributed by atoms with Gasteiger partial charge in [-0.15, -0.1) is 0 Å². The molecule has 0 spiro atoms. The zero-order valence-electron chi connectivity index (χ0n) is 16.4. The quantitative estimate of drug-likeness (QED) is 0.500. The van der Waals surface area contributed by atoms with Gasteiger partial charge in [0.05, 0.1) is 12.6 Å². The minimum absolute atomic E-state index is 0.142. The predicted octanol–water partition coefficient (Wildman–Crippen LogP) is 5.31. The Morgan fingerprint density at radius 2 is 1.83 bits per heavy atom. The van der Waals surface area contributed by atoms with Crippen LogP contribution in [0.4, 0.5) is 0 Å². The summed E-state index contributed by atoms with van der Waals surface area (Å²) in [5, 5.41) is 3.03. The first-order chi connectivity index (χ1) is 14.1. The Balaban J connectivity index is 1.73. The number of nitrogens with one attached hydrogen (secondary N) is 1. The van der Waals surface area contributed by atoms with Crippen molar-refractivity contribution in [3.8, 4) is 11.5 Å². The number of carbonyl (C=O) groups excluding carboxylic acids is 1. The molecule has 0 saturated heterocycles. The van der Waals surface area contributed by atoms with Gasteiger partial charge in [0.1, 0.15) is 6.61 Å². The van der Waals surface area contributed by atoms with E-state index < -0.39 is 0 Å². The lowest BCUT2D eigenvalue weighted by atomic mass is 10.1. The van der Waals surface area contributed by atoms with E-state index in [2.05, 4.69) is 26.2 Å². The second kappa shape index (κ2) is 10.1. The number of hydrogen-bond donors (Lipinski definition) is 1. The van der Waals surface area contributed by atoms with Gasteiger partial charge >= 0.3 is 0 Å². The lowest BCUT2D eigenvalue weighted by Gasteiger charge is -2.17. The summed E-state index contributed by atoms with van der Waals surface area (Å²) in [5.41, 5.74) is 2.54. The van der Waals surface area contributed by atoms with Gasteiger partial charge in [-0.2, -0.15) is 0 Å². The van der Waals surface area contributed by atoms with Crippen molar-refractivity contribution in [1.29, 1.82) is 0 Å². The van der Waals surface area contributed by atoms with Crippen molar-refractivity contribution in [3.05, 3.63) is 88.2 Å². The number of pyridine rings is 1. The van der Waals surface area contributed by atoms with Crippen LogP contribution in [0.5, 0.6) is 11.5 Å². The van der Waals surface area contributed by atoms with Gasteiger partial charge in [0.25, 0.3) is 5.91 Å². The first-order valence-corrected chi connectivity index (χ1v) is 10.2. The summed E-state index contributed by atoms with van der Waals surface area (Å²) in [6, 6.07) is 16.7. The summed E-state index contributed by atoms with van der Waals surface area (Å²) in [4.78, 5) is 16.8. The maximum atomic E-state index is 12.8. The second-order valence-corrected chi connectivity index (χ2v) is 7.31.